The number of halogens is 3. The van der Waals surface area contributed by atoms with Gasteiger partial charge in [-0.15, -0.1) is 12.4 Å². The molecule has 0 saturated heterocycles. The van der Waals surface area contributed by atoms with Gasteiger partial charge in [-0.2, -0.15) is 4.39 Å². The SMILES string of the molecule is Cl.NNC(=O)OC(F)c1ccccc1F. The summed E-state index contributed by atoms with van der Waals surface area (Å²) < 4.78 is 30.1. The minimum Gasteiger partial charge on any atom is -0.410 e. The molecule has 7 heteroatoms. The Morgan fingerprint density at radius 2 is 2.07 bits per heavy atom. The van der Waals surface area contributed by atoms with Gasteiger partial charge in [0.1, 0.15) is 5.82 Å². The van der Waals surface area contributed by atoms with Crippen LogP contribution >= 0.6 is 12.4 Å². The summed E-state index contributed by atoms with van der Waals surface area (Å²) in [6.45, 7) is 0. The van der Waals surface area contributed by atoms with Crippen molar-refractivity contribution in [2.75, 3.05) is 0 Å². The first kappa shape index (κ1) is 13.6. The van der Waals surface area contributed by atoms with Crippen LogP contribution in [0.1, 0.15) is 11.9 Å². The molecule has 0 spiro atoms. The molecule has 1 amide bonds. The molecule has 0 aliphatic carbocycles. The topological polar surface area (TPSA) is 64.3 Å². The Labute approximate surface area is 90.8 Å². The first-order valence-electron chi connectivity index (χ1n) is 3.71. The van der Waals surface area contributed by atoms with E-state index in [9.17, 15) is 13.6 Å². The summed E-state index contributed by atoms with van der Waals surface area (Å²) in [6.07, 6.45) is -3.33. The average Bonchev–Trinajstić information content (AvgIpc) is 2.18. The number of hydrogen-bond donors (Lipinski definition) is 2. The molecule has 15 heavy (non-hydrogen) atoms. The summed E-state index contributed by atoms with van der Waals surface area (Å²) in [4.78, 5) is 10.5. The lowest BCUT2D eigenvalue weighted by Gasteiger charge is -2.09. The monoisotopic (exact) mass is 238 g/mol. The maximum absolute atomic E-state index is 13.1. The Bertz CT molecular complexity index is 338. The molecule has 1 aromatic carbocycles. The summed E-state index contributed by atoms with van der Waals surface area (Å²) in [7, 11) is 0. The van der Waals surface area contributed by atoms with Crippen LogP contribution in [0.25, 0.3) is 0 Å². The molecule has 1 unspecified atom stereocenters. The largest absolute Gasteiger partial charge is 0.424 e. The molecule has 0 aromatic heterocycles. The van der Waals surface area contributed by atoms with E-state index < -0.39 is 18.3 Å². The van der Waals surface area contributed by atoms with E-state index in [4.69, 9.17) is 0 Å². The van der Waals surface area contributed by atoms with E-state index in [0.29, 0.717) is 0 Å². The van der Waals surface area contributed by atoms with Crippen molar-refractivity contribution in [1.82, 2.24) is 5.43 Å². The van der Waals surface area contributed by atoms with Gasteiger partial charge in [0.15, 0.2) is 0 Å². The van der Waals surface area contributed by atoms with Gasteiger partial charge in [0.25, 0.3) is 6.36 Å². The van der Waals surface area contributed by atoms with E-state index in [0.717, 1.165) is 6.07 Å². The van der Waals surface area contributed by atoms with E-state index in [2.05, 4.69) is 10.6 Å². The summed E-state index contributed by atoms with van der Waals surface area (Å²) in [5, 5.41) is 0. The number of nitrogens with two attached hydrogens (primary N) is 1. The van der Waals surface area contributed by atoms with Gasteiger partial charge < -0.3 is 4.74 Å². The molecule has 4 nitrogen and oxygen atoms in total. The molecule has 0 aliphatic rings. The Morgan fingerprint density at radius 1 is 1.47 bits per heavy atom. The Hall–Kier alpha value is -1.40. The zero-order chi connectivity index (χ0) is 10.6. The van der Waals surface area contributed by atoms with Gasteiger partial charge in [-0.1, -0.05) is 12.1 Å². The van der Waals surface area contributed by atoms with Gasteiger partial charge in [0.2, 0.25) is 0 Å². The first-order valence-corrected chi connectivity index (χ1v) is 3.71. The molecule has 1 rings (SSSR count). The highest BCUT2D eigenvalue weighted by Crippen LogP contribution is 2.21. The minimum absolute atomic E-state index is 0. The summed E-state index contributed by atoms with van der Waals surface area (Å²) in [6, 6.07) is 5.05. The van der Waals surface area contributed by atoms with Crippen molar-refractivity contribution in [3.63, 3.8) is 0 Å². The van der Waals surface area contributed by atoms with Crippen molar-refractivity contribution in [3.05, 3.63) is 35.6 Å². The van der Waals surface area contributed by atoms with Crippen molar-refractivity contribution in [3.8, 4) is 0 Å². The summed E-state index contributed by atoms with van der Waals surface area (Å²) in [5.74, 6) is 3.86. The molecule has 0 heterocycles. The van der Waals surface area contributed by atoms with Gasteiger partial charge in [0, 0.05) is 0 Å². The van der Waals surface area contributed by atoms with Crippen LogP contribution in [0, 0.1) is 5.82 Å². The molecule has 1 atom stereocenters. The zero-order valence-corrected chi connectivity index (χ0v) is 8.26. The third-order valence-electron chi connectivity index (χ3n) is 1.48. The minimum atomic E-state index is -2.17. The molecular formula is C8H9ClF2N2O2. The molecule has 3 N–H and O–H groups in total. The smallest absolute Gasteiger partial charge is 0.410 e. The Balaban J connectivity index is 0.00000196. The van der Waals surface area contributed by atoms with E-state index >= 15 is 0 Å². The maximum Gasteiger partial charge on any atom is 0.424 e. The Morgan fingerprint density at radius 3 is 2.60 bits per heavy atom. The van der Waals surface area contributed by atoms with Gasteiger partial charge in [-0.25, -0.2) is 15.0 Å². The zero-order valence-electron chi connectivity index (χ0n) is 7.44. The number of hydrazine groups is 1. The third-order valence-corrected chi connectivity index (χ3v) is 1.48. The van der Waals surface area contributed by atoms with Crippen molar-refractivity contribution >= 4 is 18.5 Å². The highest BCUT2D eigenvalue weighted by Gasteiger charge is 2.17. The average molecular weight is 239 g/mol. The second kappa shape index (κ2) is 6.15. The van der Waals surface area contributed by atoms with Crippen molar-refractivity contribution in [2.24, 2.45) is 5.84 Å². The highest BCUT2D eigenvalue weighted by atomic mass is 35.5. The fraction of sp³-hybridized carbons (Fsp3) is 0.125. The fourth-order valence-electron chi connectivity index (χ4n) is 0.851. The molecule has 0 saturated carbocycles. The van der Waals surface area contributed by atoms with Crippen molar-refractivity contribution in [2.45, 2.75) is 6.36 Å². The van der Waals surface area contributed by atoms with Crippen LogP contribution in [0.2, 0.25) is 0 Å². The van der Waals surface area contributed by atoms with Gasteiger partial charge in [-0.3, -0.25) is 5.43 Å². The summed E-state index contributed by atoms with van der Waals surface area (Å²) >= 11 is 0. The lowest BCUT2D eigenvalue weighted by atomic mass is 10.2. The normalized spacial score (nSPS) is 11.1. The quantitative estimate of drug-likeness (QED) is 0.469. The number of benzene rings is 1. The number of amides is 1. The highest BCUT2D eigenvalue weighted by molar-refractivity contribution is 5.85. The van der Waals surface area contributed by atoms with Crippen LogP contribution in [0.3, 0.4) is 0 Å². The summed E-state index contributed by atoms with van der Waals surface area (Å²) in [5.41, 5.74) is 1.21. The maximum atomic E-state index is 13.1. The lowest BCUT2D eigenvalue weighted by molar-refractivity contribution is 0.0103. The van der Waals surface area contributed by atoms with Crippen molar-refractivity contribution in [1.29, 1.82) is 0 Å². The van der Waals surface area contributed by atoms with Gasteiger partial charge in [-0.05, 0) is 12.1 Å². The second-order valence-corrected chi connectivity index (χ2v) is 2.39. The van der Waals surface area contributed by atoms with E-state index in [1.807, 2.05) is 0 Å². The number of rotatable bonds is 2. The van der Waals surface area contributed by atoms with Crippen molar-refractivity contribution < 1.29 is 18.3 Å². The first-order chi connectivity index (χ1) is 6.65. The van der Waals surface area contributed by atoms with Crippen LogP contribution in [0.15, 0.2) is 24.3 Å². The van der Waals surface area contributed by atoms with Gasteiger partial charge >= 0.3 is 6.09 Å². The molecule has 0 fully saturated rings. The van der Waals surface area contributed by atoms with E-state index in [-0.39, 0.29) is 18.0 Å². The van der Waals surface area contributed by atoms with E-state index in [1.165, 1.54) is 18.2 Å². The number of carbonyl (C=O) groups is 1. The van der Waals surface area contributed by atoms with E-state index in [1.54, 1.807) is 5.43 Å². The number of nitrogens with one attached hydrogen (secondary N) is 1. The van der Waals surface area contributed by atoms with Crippen LogP contribution in [-0.4, -0.2) is 6.09 Å². The third kappa shape index (κ3) is 3.69. The predicted octanol–water partition coefficient (Wildman–Crippen LogP) is 1.82. The standard InChI is InChI=1S/C8H8F2N2O2.ClH/c9-6-4-2-1-3-5(6)7(10)14-8(13)12-11;/h1-4,7H,11H2,(H,12,13);1H. The van der Waals surface area contributed by atoms with Gasteiger partial charge in [0.05, 0.1) is 5.56 Å². The fourth-order valence-corrected chi connectivity index (χ4v) is 0.851. The number of hydrogen-bond acceptors (Lipinski definition) is 3. The van der Waals surface area contributed by atoms with Crippen LogP contribution < -0.4 is 11.3 Å². The van der Waals surface area contributed by atoms with Crippen LogP contribution in [0.4, 0.5) is 13.6 Å². The molecule has 0 radical (unpaired) electrons. The molecule has 0 aliphatic heterocycles. The lowest BCUT2D eigenvalue weighted by Crippen LogP contribution is -2.31. The number of ether oxygens (including phenoxy) is 1. The predicted molar refractivity (Wildman–Crippen MR) is 51.3 cm³/mol. The Kier molecular flexibility index (Phi) is 5.58. The molecule has 84 valence electrons. The van der Waals surface area contributed by atoms with Crippen LogP contribution in [0.5, 0.6) is 0 Å². The number of carbonyl (C=O) groups excluding carboxylic acids is 1. The number of alkyl halides is 1. The van der Waals surface area contributed by atoms with Crippen LogP contribution in [-0.2, 0) is 4.74 Å². The molecule has 0 bridgehead atoms. The second-order valence-electron chi connectivity index (χ2n) is 2.39. The molecular weight excluding hydrogens is 230 g/mol. The molecule has 1 aromatic rings.